The van der Waals surface area contributed by atoms with Gasteiger partial charge in [0.2, 0.25) is 5.88 Å². The third kappa shape index (κ3) is 5.08. The molecule has 0 radical (unpaired) electrons. The van der Waals surface area contributed by atoms with Crippen LogP contribution >= 0.6 is 0 Å². The molecular weight excluding hydrogens is 456 g/mol. The van der Waals surface area contributed by atoms with Gasteiger partial charge in [0, 0.05) is 29.4 Å². The molecule has 0 unspecified atom stereocenters. The van der Waals surface area contributed by atoms with Gasteiger partial charge in [-0.3, -0.25) is 4.79 Å². The van der Waals surface area contributed by atoms with Gasteiger partial charge in [-0.15, -0.1) is 10.2 Å². The van der Waals surface area contributed by atoms with Crippen molar-refractivity contribution in [1.82, 2.24) is 10.2 Å². The molecule has 36 heavy (non-hydrogen) atoms. The number of ether oxygens (including phenoxy) is 3. The van der Waals surface area contributed by atoms with Crippen LogP contribution in [0.3, 0.4) is 0 Å². The summed E-state index contributed by atoms with van der Waals surface area (Å²) in [6, 6.07) is 21.4. The third-order valence-corrected chi connectivity index (χ3v) is 6.10. The number of methoxy groups -OCH3 is 1. The lowest BCUT2D eigenvalue weighted by Gasteiger charge is -2.30. The van der Waals surface area contributed by atoms with E-state index in [4.69, 9.17) is 14.2 Å². The third-order valence-electron chi connectivity index (χ3n) is 6.10. The van der Waals surface area contributed by atoms with Crippen LogP contribution in [0.4, 0.5) is 11.4 Å². The Kier molecular flexibility index (Phi) is 6.95. The van der Waals surface area contributed by atoms with Crippen molar-refractivity contribution in [2.75, 3.05) is 50.2 Å². The van der Waals surface area contributed by atoms with Crippen molar-refractivity contribution < 1.29 is 19.0 Å². The maximum Gasteiger partial charge on any atom is 0.262 e. The summed E-state index contributed by atoms with van der Waals surface area (Å²) in [6.45, 7) is 4.65. The zero-order chi connectivity index (χ0) is 24.9. The second-order valence-corrected chi connectivity index (χ2v) is 8.59. The minimum absolute atomic E-state index is 0.0957. The average molecular weight is 485 g/mol. The molecule has 1 fully saturated rings. The average Bonchev–Trinajstić information content (AvgIpc) is 2.92. The summed E-state index contributed by atoms with van der Waals surface area (Å²) >= 11 is 0. The van der Waals surface area contributed by atoms with Crippen LogP contribution < -0.4 is 19.7 Å². The second kappa shape index (κ2) is 10.6. The molecule has 1 saturated heterocycles. The van der Waals surface area contributed by atoms with Crippen LogP contribution in [0.15, 0.2) is 66.7 Å². The highest BCUT2D eigenvalue weighted by Crippen LogP contribution is 2.35. The van der Waals surface area contributed by atoms with Crippen LogP contribution in [0.25, 0.3) is 22.0 Å². The normalized spacial score (nSPS) is 13.4. The number of hydrogen-bond acceptors (Lipinski definition) is 7. The molecule has 0 saturated carbocycles. The van der Waals surface area contributed by atoms with Crippen LogP contribution in [0, 0.1) is 6.92 Å². The number of hydrogen-bond donors (Lipinski definition) is 1. The molecule has 0 bridgehead atoms. The van der Waals surface area contributed by atoms with Gasteiger partial charge in [0.05, 0.1) is 31.7 Å². The van der Waals surface area contributed by atoms with Crippen LogP contribution in [0.2, 0.25) is 0 Å². The number of fused-ring (bicyclic) bond motifs is 1. The van der Waals surface area contributed by atoms with E-state index < -0.39 is 0 Å². The summed E-state index contributed by atoms with van der Waals surface area (Å²) in [5.41, 5.74) is 4.24. The standard InChI is InChI=1S/C28H28N4O4/c1-19-6-5-7-21(16-19)36-18-26(33)29-24-17-20(10-11-25(24)32-12-14-35-15-13-32)27-22-8-3-4-9-23(22)28(34-2)31-30-27/h3-11,16-17H,12-15,18H2,1-2H3,(H,29,33). The van der Waals surface area contributed by atoms with E-state index in [9.17, 15) is 4.79 Å². The fourth-order valence-electron chi connectivity index (χ4n) is 4.35. The van der Waals surface area contributed by atoms with Crippen LogP contribution in [-0.4, -0.2) is 56.1 Å². The van der Waals surface area contributed by atoms with Gasteiger partial charge in [0.25, 0.3) is 5.91 Å². The summed E-state index contributed by atoms with van der Waals surface area (Å²) < 4.78 is 16.6. The highest BCUT2D eigenvalue weighted by atomic mass is 16.5. The summed E-state index contributed by atoms with van der Waals surface area (Å²) in [5, 5.41) is 13.6. The second-order valence-electron chi connectivity index (χ2n) is 8.59. The first-order valence-corrected chi connectivity index (χ1v) is 11.9. The van der Waals surface area contributed by atoms with Crippen LogP contribution in [0.5, 0.6) is 11.6 Å². The molecule has 2 heterocycles. The number of carbonyl (C=O) groups excluding carboxylic acids is 1. The number of nitrogens with zero attached hydrogens (tertiary/aromatic N) is 3. The Balaban J connectivity index is 1.47. The Hall–Kier alpha value is -4.17. The molecule has 1 aromatic heterocycles. The molecule has 3 aromatic carbocycles. The molecule has 1 aliphatic heterocycles. The van der Waals surface area contributed by atoms with Crippen molar-refractivity contribution in [2.45, 2.75) is 6.92 Å². The van der Waals surface area contributed by atoms with Crippen molar-refractivity contribution in [3.63, 3.8) is 0 Å². The van der Waals surface area contributed by atoms with Crippen molar-refractivity contribution in [1.29, 1.82) is 0 Å². The van der Waals surface area contributed by atoms with E-state index in [0.29, 0.717) is 36.2 Å². The first kappa shape index (κ1) is 23.6. The van der Waals surface area contributed by atoms with E-state index in [0.717, 1.165) is 40.7 Å². The lowest BCUT2D eigenvalue weighted by atomic mass is 10.0. The Morgan fingerprint density at radius 1 is 1.00 bits per heavy atom. The van der Waals surface area contributed by atoms with Gasteiger partial charge in [-0.2, -0.15) is 0 Å². The van der Waals surface area contributed by atoms with Gasteiger partial charge in [-0.05, 0) is 42.8 Å². The number of morpholine rings is 1. The number of carbonyl (C=O) groups is 1. The Morgan fingerprint density at radius 2 is 1.81 bits per heavy atom. The minimum atomic E-state index is -0.242. The highest BCUT2D eigenvalue weighted by molar-refractivity contribution is 6.00. The van der Waals surface area contributed by atoms with Gasteiger partial charge >= 0.3 is 0 Å². The van der Waals surface area contributed by atoms with E-state index in [1.807, 2.05) is 73.7 Å². The van der Waals surface area contributed by atoms with Gasteiger partial charge in [0.1, 0.15) is 11.4 Å². The van der Waals surface area contributed by atoms with Gasteiger partial charge in [-0.25, -0.2) is 0 Å². The first-order chi connectivity index (χ1) is 17.6. The maximum atomic E-state index is 12.9. The fraction of sp³-hybridized carbons (Fsp3) is 0.250. The molecule has 1 amide bonds. The molecule has 8 heteroatoms. The molecule has 0 aliphatic carbocycles. The predicted octanol–water partition coefficient (Wildman–Crippen LogP) is 4.47. The van der Waals surface area contributed by atoms with E-state index in [-0.39, 0.29) is 12.5 Å². The Morgan fingerprint density at radius 3 is 2.58 bits per heavy atom. The largest absolute Gasteiger partial charge is 0.484 e. The molecular formula is C28H28N4O4. The lowest BCUT2D eigenvalue weighted by Crippen LogP contribution is -2.37. The molecule has 4 aromatic rings. The number of nitrogens with one attached hydrogen (secondary N) is 1. The quantitative estimate of drug-likeness (QED) is 0.414. The zero-order valence-corrected chi connectivity index (χ0v) is 20.4. The number of rotatable bonds is 7. The van der Waals surface area contributed by atoms with Gasteiger partial charge in [-0.1, -0.05) is 36.4 Å². The fourth-order valence-corrected chi connectivity index (χ4v) is 4.35. The molecule has 0 atom stereocenters. The molecule has 8 nitrogen and oxygen atoms in total. The maximum absolute atomic E-state index is 12.9. The van der Waals surface area contributed by atoms with E-state index in [2.05, 4.69) is 20.4 Å². The molecule has 184 valence electrons. The lowest BCUT2D eigenvalue weighted by molar-refractivity contribution is -0.118. The molecule has 5 rings (SSSR count). The smallest absolute Gasteiger partial charge is 0.262 e. The molecule has 1 aliphatic rings. The highest BCUT2D eigenvalue weighted by Gasteiger charge is 2.19. The van der Waals surface area contributed by atoms with Crippen molar-refractivity contribution in [3.05, 3.63) is 72.3 Å². The summed E-state index contributed by atoms with van der Waals surface area (Å²) in [6.07, 6.45) is 0. The van der Waals surface area contributed by atoms with Crippen LogP contribution in [0.1, 0.15) is 5.56 Å². The van der Waals surface area contributed by atoms with Gasteiger partial charge < -0.3 is 24.4 Å². The molecule has 0 spiro atoms. The summed E-state index contributed by atoms with van der Waals surface area (Å²) in [5.74, 6) is 0.891. The monoisotopic (exact) mass is 484 g/mol. The van der Waals surface area contributed by atoms with Crippen molar-refractivity contribution in [3.8, 4) is 22.9 Å². The Labute approximate surface area is 209 Å². The van der Waals surface area contributed by atoms with Crippen LogP contribution in [-0.2, 0) is 9.53 Å². The number of benzene rings is 3. The number of aryl methyl sites for hydroxylation is 1. The van der Waals surface area contributed by atoms with Crippen molar-refractivity contribution >= 4 is 28.1 Å². The van der Waals surface area contributed by atoms with E-state index in [1.165, 1.54) is 0 Å². The topological polar surface area (TPSA) is 85.8 Å². The number of anilines is 2. The minimum Gasteiger partial charge on any atom is -0.484 e. The zero-order valence-electron chi connectivity index (χ0n) is 20.4. The molecule has 1 N–H and O–H groups in total. The summed E-state index contributed by atoms with van der Waals surface area (Å²) in [7, 11) is 1.58. The Bertz CT molecular complexity index is 1390. The number of amides is 1. The summed E-state index contributed by atoms with van der Waals surface area (Å²) in [4.78, 5) is 15.1. The number of aromatic nitrogens is 2. The predicted molar refractivity (Wildman–Crippen MR) is 140 cm³/mol. The van der Waals surface area contributed by atoms with E-state index >= 15 is 0 Å². The van der Waals surface area contributed by atoms with E-state index in [1.54, 1.807) is 7.11 Å². The first-order valence-electron chi connectivity index (χ1n) is 11.9. The van der Waals surface area contributed by atoms with Crippen molar-refractivity contribution in [2.24, 2.45) is 0 Å². The van der Waals surface area contributed by atoms with Gasteiger partial charge in [0.15, 0.2) is 6.61 Å². The SMILES string of the molecule is COc1nnc(-c2ccc(N3CCOCC3)c(NC(=O)COc3cccc(C)c3)c2)c2ccccc12.